The fourth-order valence-electron chi connectivity index (χ4n) is 8.45. The van der Waals surface area contributed by atoms with Crippen LogP contribution in [0.1, 0.15) is 97.8 Å². The Bertz CT molecular complexity index is 626. The van der Waals surface area contributed by atoms with E-state index in [0.29, 0.717) is 18.2 Å². The Kier molecular flexibility index (Phi) is 7.21. The Balaban J connectivity index is 1.35. The molecule has 4 aliphatic rings. The Morgan fingerprint density at radius 3 is 2.55 bits per heavy atom. The van der Waals surface area contributed by atoms with Crippen molar-refractivity contribution in [1.82, 2.24) is 4.90 Å². The topological polar surface area (TPSA) is 60.8 Å². The van der Waals surface area contributed by atoms with E-state index in [1.165, 1.54) is 38.5 Å². The number of Topliss-reactive ketones (excluding diaryl/α,β-unsaturated/α-hetero) is 1. The molecule has 0 radical (unpaired) electrons. The molecule has 0 amide bonds. The number of hydrogen-bond donors (Lipinski definition) is 2. The van der Waals surface area contributed by atoms with E-state index in [1.807, 2.05) is 6.92 Å². The zero-order chi connectivity index (χ0) is 22.2. The van der Waals surface area contributed by atoms with Crippen LogP contribution < -0.4 is 0 Å². The van der Waals surface area contributed by atoms with Gasteiger partial charge in [0.25, 0.3) is 0 Å². The lowest BCUT2D eigenvalue weighted by atomic mass is 9.53. The van der Waals surface area contributed by atoms with Gasteiger partial charge in [-0.3, -0.25) is 9.69 Å². The number of carbonyl (C=O) groups is 1. The monoisotopic (exact) mass is 433 g/mol. The van der Waals surface area contributed by atoms with E-state index in [9.17, 15) is 15.0 Å². The molecule has 1 saturated heterocycles. The highest BCUT2D eigenvalue weighted by atomic mass is 16.3. The third-order valence-corrected chi connectivity index (χ3v) is 9.97. The molecule has 4 heteroatoms. The Hall–Kier alpha value is -0.450. The third-order valence-electron chi connectivity index (χ3n) is 9.97. The molecule has 0 spiro atoms. The molecule has 4 fully saturated rings. The summed E-state index contributed by atoms with van der Waals surface area (Å²) in [5.74, 6) is 3.74. The molecular weight excluding hydrogens is 386 g/mol. The third kappa shape index (κ3) is 5.06. The lowest BCUT2D eigenvalue weighted by Crippen LogP contribution is -2.47. The summed E-state index contributed by atoms with van der Waals surface area (Å²) in [4.78, 5) is 15.6. The summed E-state index contributed by atoms with van der Waals surface area (Å²) >= 11 is 0. The number of aliphatic hydroxyl groups excluding tert-OH is 1. The van der Waals surface area contributed by atoms with E-state index in [1.54, 1.807) is 0 Å². The van der Waals surface area contributed by atoms with Crippen LogP contribution in [0.4, 0.5) is 0 Å². The molecule has 1 heterocycles. The maximum Gasteiger partial charge on any atom is 0.150 e. The molecule has 3 aliphatic carbocycles. The van der Waals surface area contributed by atoms with Crippen molar-refractivity contribution in [1.29, 1.82) is 0 Å². The van der Waals surface area contributed by atoms with Gasteiger partial charge in [0.2, 0.25) is 0 Å². The van der Waals surface area contributed by atoms with Crippen LogP contribution in [0.25, 0.3) is 0 Å². The number of fused-ring (bicyclic) bond motifs is 3. The van der Waals surface area contributed by atoms with Gasteiger partial charge < -0.3 is 10.2 Å². The molecule has 0 aromatic carbocycles. The molecule has 0 unspecified atom stereocenters. The van der Waals surface area contributed by atoms with Gasteiger partial charge in [0.1, 0.15) is 5.78 Å². The van der Waals surface area contributed by atoms with E-state index in [0.717, 1.165) is 69.4 Å². The van der Waals surface area contributed by atoms with E-state index >= 15 is 0 Å². The number of likely N-dealkylation sites (tertiary alicyclic amines) is 1. The average Bonchev–Trinajstić information content (AvgIpc) is 3.07. The van der Waals surface area contributed by atoms with Gasteiger partial charge in [-0.2, -0.15) is 0 Å². The van der Waals surface area contributed by atoms with Crippen LogP contribution in [0.2, 0.25) is 0 Å². The number of nitrogens with zero attached hydrogens (tertiary/aromatic N) is 1. The second-order valence-electron chi connectivity index (χ2n) is 12.3. The highest BCUT2D eigenvalue weighted by molar-refractivity contribution is 5.84. The van der Waals surface area contributed by atoms with Gasteiger partial charge in [0, 0.05) is 19.0 Å². The molecular formula is C27H47NO3. The number of ketones is 1. The lowest BCUT2D eigenvalue weighted by Gasteiger charge is -2.52. The number of carbonyl (C=O) groups excluding carboxylic acids is 1. The summed E-state index contributed by atoms with van der Waals surface area (Å²) < 4.78 is 0. The summed E-state index contributed by atoms with van der Waals surface area (Å²) in [5.41, 5.74) is -0.293. The van der Waals surface area contributed by atoms with Crippen molar-refractivity contribution >= 4 is 5.78 Å². The predicted molar refractivity (Wildman–Crippen MR) is 125 cm³/mol. The summed E-state index contributed by atoms with van der Waals surface area (Å²) in [6.45, 7) is 8.99. The molecule has 31 heavy (non-hydrogen) atoms. The quantitative estimate of drug-likeness (QED) is 0.605. The second-order valence-corrected chi connectivity index (χ2v) is 12.3. The van der Waals surface area contributed by atoms with Crippen molar-refractivity contribution < 1.29 is 15.0 Å². The van der Waals surface area contributed by atoms with E-state index in [2.05, 4.69) is 18.7 Å². The van der Waals surface area contributed by atoms with Crippen molar-refractivity contribution in [3.05, 3.63) is 0 Å². The highest BCUT2D eigenvalue weighted by Crippen LogP contribution is 2.62. The summed E-state index contributed by atoms with van der Waals surface area (Å²) in [6, 6.07) is 0. The number of hydrogen-bond acceptors (Lipinski definition) is 4. The maximum absolute atomic E-state index is 13.4. The van der Waals surface area contributed by atoms with E-state index in [4.69, 9.17) is 0 Å². The van der Waals surface area contributed by atoms with Gasteiger partial charge >= 0.3 is 0 Å². The minimum absolute atomic E-state index is 0.171. The fraction of sp³-hybridized carbons (Fsp3) is 0.963. The molecule has 0 aromatic heterocycles. The van der Waals surface area contributed by atoms with Gasteiger partial charge in [-0.1, -0.05) is 26.7 Å². The fourth-order valence-corrected chi connectivity index (χ4v) is 8.45. The van der Waals surface area contributed by atoms with Crippen molar-refractivity contribution in [3.63, 3.8) is 0 Å². The van der Waals surface area contributed by atoms with Crippen LogP contribution in [0.5, 0.6) is 0 Å². The Labute approximate surface area is 190 Å². The SMILES string of the molecule is CCC[C@@](C)(O)C[C@@H]1CC[C@@H]2[C@H](CC[C@]3(C)[C@@H](C(=O)CN4CCC(O)CC4)CC[C@@H]23)C1. The van der Waals surface area contributed by atoms with Crippen LogP contribution in [0.15, 0.2) is 0 Å². The number of rotatable bonds is 7. The molecule has 4 nitrogen and oxygen atoms in total. The van der Waals surface area contributed by atoms with Gasteiger partial charge in [-0.05, 0) is 100 Å². The first-order valence-electron chi connectivity index (χ1n) is 13.4. The molecule has 1 aliphatic heterocycles. The minimum Gasteiger partial charge on any atom is -0.393 e. The smallest absolute Gasteiger partial charge is 0.150 e. The van der Waals surface area contributed by atoms with E-state index in [-0.39, 0.29) is 17.4 Å². The van der Waals surface area contributed by atoms with Crippen molar-refractivity contribution in [2.45, 2.75) is 110 Å². The molecule has 2 N–H and O–H groups in total. The molecule has 3 saturated carbocycles. The molecule has 0 bridgehead atoms. The van der Waals surface area contributed by atoms with Crippen LogP contribution in [0.3, 0.4) is 0 Å². The molecule has 0 aromatic rings. The minimum atomic E-state index is -0.495. The normalized spacial score (nSPS) is 41.4. The Morgan fingerprint density at radius 1 is 1.10 bits per heavy atom. The standard InChI is InChI=1S/C27H47NO3/c1-4-12-26(2,31)17-19-5-6-22-20(16-19)9-13-27(3)23(22)7-8-24(27)25(30)18-28-14-10-21(29)11-15-28/h19-24,29,31H,4-18H2,1-3H3/t19-,20-,22-,23+,24-,26-,27+/m1/s1. The van der Waals surface area contributed by atoms with Gasteiger partial charge in [-0.25, -0.2) is 0 Å². The predicted octanol–water partition coefficient (Wildman–Crippen LogP) is 4.81. The van der Waals surface area contributed by atoms with Gasteiger partial charge in [0.05, 0.1) is 18.2 Å². The Morgan fingerprint density at radius 2 is 1.84 bits per heavy atom. The van der Waals surface area contributed by atoms with Gasteiger partial charge in [0.15, 0.2) is 0 Å². The first kappa shape index (κ1) is 23.7. The first-order chi connectivity index (χ1) is 14.7. The van der Waals surface area contributed by atoms with Crippen LogP contribution in [-0.4, -0.2) is 52.2 Å². The maximum atomic E-state index is 13.4. The number of aliphatic hydroxyl groups is 2. The number of piperidine rings is 1. The summed E-state index contributed by atoms with van der Waals surface area (Å²) in [7, 11) is 0. The summed E-state index contributed by atoms with van der Waals surface area (Å²) in [6.07, 6.45) is 13.1. The second kappa shape index (κ2) is 9.43. The average molecular weight is 434 g/mol. The first-order valence-corrected chi connectivity index (χ1v) is 13.4. The largest absolute Gasteiger partial charge is 0.393 e. The molecule has 178 valence electrons. The van der Waals surface area contributed by atoms with Crippen LogP contribution in [0, 0.1) is 35.0 Å². The zero-order valence-corrected chi connectivity index (χ0v) is 20.3. The van der Waals surface area contributed by atoms with Crippen molar-refractivity contribution in [2.24, 2.45) is 35.0 Å². The van der Waals surface area contributed by atoms with Crippen molar-refractivity contribution in [3.8, 4) is 0 Å². The molecule has 7 atom stereocenters. The summed E-state index contributed by atoms with van der Waals surface area (Å²) in [5, 5.41) is 20.5. The van der Waals surface area contributed by atoms with E-state index < -0.39 is 5.60 Å². The molecule has 4 rings (SSSR count). The van der Waals surface area contributed by atoms with Crippen LogP contribution in [-0.2, 0) is 4.79 Å². The van der Waals surface area contributed by atoms with Crippen molar-refractivity contribution in [2.75, 3.05) is 19.6 Å². The zero-order valence-electron chi connectivity index (χ0n) is 20.3. The van der Waals surface area contributed by atoms with Gasteiger partial charge in [-0.15, -0.1) is 0 Å². The highest BCUT2D eigenvalue weighted by Gasteiger charge is 2.56. The lowest BCUT2D eigenvalue weighted by molar-refractivity contribution is -0.130. The van der Waals surface area contributed by atoms with Crippen LogP contribution >= 0.6 is 0 Å².